The lowest BCUT2D eigenvalue weighted by molar-refractivity contribution is 0.351. The van der Waals surface area contributed by atoms with Crippen molar-refractivity contribution < 1.29 is 5.11 Å². The van der Waals surface area contributed by atoms with Crippen LogP contribution >= 0.6 is 0 Å². The van der Waals surface area contributed by atoms with Gasteiger partial charge in [-0.15, -0.1) is 0 Å². The molecular weight excluding hydrogens is 196 g/mol. The summed E-state index contributed by atoms with van der Waals surface area (Å²) in [6.45, 7) is 2.51. The van der Waals surface area contributed by atoms with Crippen molar-refractivity contribution in [2.45, 2.75) is 26.3 Å². The van der Waals surface area contributed by atoms with Gasteiger partial charge < -0.3 is 5.11 Å². The van der Waals surface area contributed by atoms with E-state index in [2.05, 4.69) is 11.9 Å². The first-order chi connectivity index (χ1) is 7.08. The zero-order valence-electron chi connectivity index (χ0n) is 8.56. The summed E-state index contributed by atoms with van der Waals surface area (Å²) < 4.78 is 1.21. The van der Waals surface area contributed by atoms with Crippen LogP contribution in [-0.2, 0) is 6.54 Å². The fourth-order valence-electron chi connectivity index (χ4n) is 1.79. The first-order valence-corrected chi connectivity index (χ1v) is 5.11. The molecule has 2 N–H and O–H groups in total. The predicted molar refractivity (Wildman–Crippen MR) is 54.9 cm³/mol. The topological polar surface area (TPSA) is 75.1 Å². The summed E-state index contributed by atoms with van der Waals surface area (Å²) in [5.41, 5.74) is -1.10. The Bertz CT molecular complexity index is 470. The second-order valence-electron chi connectivity index (χ2n) is 4.22. The lowest BCUT2D eigenvalue weighted by atomic mass is 10.1. The Kier molecular flexibility index (Phi) is 2.38. The smallest absolute Gasteiger partial charge is 0.331 e. The first kappa shape index (κ1) is 10.0. The van der Waals surface area contributed by atoms with Crippen LogP contribution in [0.5, 0.6) is 5.88 Å². The number of aromatic amines is 1. The fraction of sp³-hybridized carbons (Fsp3) is 0.600. The number of hydrogen-bond acceptors (Lipinski definition) is 3. The molecule has 1 saturated carbocycles. The third-order valence-electron chi connectivity index (χ3n) is 2.91. The minimum absolute atomic E-state index is 0.253. The van der Waals surface area contributed by atoms with Gasteiger partial charge in [-0.2, -0.15) is 0 Å². The van der Waals surface area contributed by atoms with Crippen molar-refractivity contribution in [1.29, 1.82) is 0 Å². The van der Waals surface area contributed by atoms with Gasteiger partial charge in [0.25, 0.3) is 5.56 Å². The second-order valence-corrected chi connectivity index (χ2v) is 4.22. The van der Waals surface area contributed by atoms with Gasteiger partial charge in [0.1, 0.15) is 0 Å². The van der Waals surface area contributed by atoms with Gasteiger partial charge in [-0.3, -0.25) is 14.3 Å². The highest BCUT2D eigenvalue weighted by Gasteiger charge is 2.28. The molecule has 0 saturated heterocycles. The highest BCUT2D eigenvalue weighted by Crippen LogP contribution is 2.37. The molecule has 15 heavy (non-hydrogen) atoms. The summed E-state index contributed by atoms with van der Waals surface area (Å²) in [5, 5.41) is 9.47. The summed E-state index contributed by atoms with van der Waals surface area (Å²) in [7, 11) is 0. The zero-order chi connectivity index (χ0) is 11.0. The Morgan fingerprint density at radius 2 is 2.27 bits per heavy atom. The van der Waals surface area contributed by atoms with Crippen LogP contribution in [0.25, 0.3) is 0 Å². The lowest BCUT2D eigenvalue weighted by Crippen LogP contribution is -2.31. The molecule has 1 aromatic rings. The molecule has 2 rings (SSSR count). The molecule has 1 aromatic heterocycles. The highest BCUT2D eigenvalue weighted by atomic mass is 16.3. The Morgan fingerprint density at radius 1 is 1.60 bits per heavy atom. The number of aromatic hydroxyl groups is 1. The van der Waals surface area contributed by atoms with Crippen molar-refractivity contribution in [2.75, 3.05) is 0 Å². The highest BCUT2D eigenvalue weighted by molar-refractivity contribution is 5.06. The van der Waals surface area contributed by atoms with E-state index in [0.29, 0.717) is 18.4 Å². The van der Waals surface area contributed by atoms with Crippen molar-refractivity contribution >= 4 is 0 Å². The number of hydrogen-bond donors (Lipinski definition) is 2. The molecule has 0 amide bonds. The molecule has 0 spiro atoms. The first-order valence-electron chi connectivity index (χ1n) is 5.11. The molecule has 5 heteroatoms. The third-order valence-corrected chi connectivity index (χ3v) is 2.91. The maximum absolute atomic E-state index is 11.4. The number of nitrogens with zero attached hydrogens (tertiary/aromatic N) is 1. The molecule has 1 aliphatic carbocycles. The molecule has 1 atom stereocenters. The van der Waals surface area contributed by atoms with Gasteiger partial charge >= 0.3 is 5.69 Å². The molecule has 0 aromatic carbocycles. The van der Waals surface area contributed by atoms with Gasteiger partial charge in [0, 0.05) is 6.54 Å². The molecule has 1 fully saturated rings. The van der Waals surface area contributed by atoms with Gasteiger partial charge in [0.15, 0.2) is 0 Å². The maximum Gasteiger partial charge on any atom is 0.331 e. The summed E-state index contributed by atoms with van der Waals surface area (Å²) in [6, 6.07) is 1.03. The summed E-state index contributed by atoms with van der Waals surface area (Å²) in [4.78, 5) is 24.4. The molecule has 1 aliphatic rings. The molecule has 82 valence electrons. The van der Waals surface area contributed by atoms with Crippen LogP contribution in [0.2, 0.25) is 0 Å². The predicted octanol–water partition coefficient (Wildman–Crippen LogP) is 0.288. The minimum atomic E-state index is -0.562. The Balaban J connectivity index is 2.27. The van der Waals surface area contributed by atoms with Crippen molar-refractivity contribution in [2.24, 2.45) is 11.8 Å². The van der Waals surface area contributed by atoms with Crippen molar-refractivity contribution in [3.05, 3.63) is 26.9 Å². The average Bonchev–Trinajstić information content (AvgIpc) is 2.93. The molecule has 0 bridgehead atoms. The number of rotatable bonds is 3. The molecule has 0 aliphatic heterocycles. The molecule has 1 heterocycles. The summed E-state index contributed by atoms with van der Waals surface area (Å²) in [5.74, 6) is 0.763. The monoisotopic (exact) mass is 210 g/mol. The molecule has 5 nitrogen and oxygen atoms in total. The van der Waals surface area contributed by atoms with Crippen LogP contribution in [0, 0.1) is 11.8 Å². The normalized spacial score (nSPS) is 17.7. The quantitative estimate of drug-likeness (QED) is 0.752. The van der Waals surface area contributed by atoms with Gasteiger partial charge in [0.05, 0.1) is 6.07 Å². The van der Waals surface area contributed by atoms with Crippen molar-refractivity contribution in [1.82, 2.24) is 9.55 Å². The van der Waals surface area contributed by atoms with E-state index in [9.17, 15) is 14.7 Å². The van der Waals surface area contributed by atoms with Gasteiger partial charge in [0.2, 0.25) is 5.88 Å². The standard InChI is InChI=1S/C10H14N2O3/c1-6(7-2-3-7)5-12-9(14)4-8(13)11-10(12)15/h4,6-7,14H,2-3,5H2,1H3,(H,11,13,15). The Morgan fingerprint density at radius 3 is 2.80 bits per heavy atom. The van der Waals surface area contributed by atoms with E-state index in [1.807, 2.05) is 0 Å². The van der Waals surface area contributed by atoms with E-state index in [1.165, 1.54) is 17.4 Å². The number of aromatic nitrogens is 2. The van der Waals surface area contributed by atoms with Crippen LogP contribution in [0.4, 0.5) is 0 Å². The zero-order valence-corrected chi connectivity index (χ0v) is 8.56. The fourth-order valence-corrected chi connectivity index (χ4v) is 1.79. The lowest BCUT2D eigenvalue weighted by Gasteiger charge is -2.12. The van der Waals surface area contributed by atoms with Gasteiger partial charge in [-0.25, -0.2) is 4.79 Å². The van der Waals surface area contributed by atoms with E-state index in [-0.39, 0.29) is 5.88 Å². The average molecular weight is 210 g/mol. The summed E-state index contributed by atoms with van der Waals surface area (Å²) >= 11 is 0. The van der Waals surface area contributed by atoms with Gasteiger partial charge in [-0.05, 0) is 24.7 Å². The minimum Gasteiger partial charge on any atom is -0.494 e. The van der Waals surface area contributed by atoms with Crippen LogP contribution in [0.1, 0.15) is 19.8 Å². The van der Waals surface area contributed by atoms with E-state index in [4.69, 9.17) is 0 Å². The molecule has 0 radical (unpaired) electrons. The second kappa shape index (κ2) is 3.56. The van der Waals surface area contributed by atoms with Crippen LogP contribution < -0.4 is 11.2 Å². The van der Waals surface area contributed by atoms with Crippen molar-refractivity contribution in [3.63, 3.8) is 0 Å². The number of nitrogens with one attached hydrogen (secondary N) is 1. The Labute approximate surface area is 86.4 Å². The molecule has 1 unspecified atom stereocenters. The van der Waals surface area contributed by atoms with Crippen molar-refractivity contribution in [3.8, 4) is 5.88 Å². The van der Waals surface area contributed by atoms with Crippen LogP contribution in [0.15, 0.2) is 15.7 Å². The van der Waals surface area contributed by atoms with Crippen LogP contribution in [0.3, 0.4) is 0 Å². The number of H-pyrrole nitrogens is 1. The van der Waals surface area contributed by atoms with E-state index in [0.717, 1.165) is 6.07 Å². The van der Waals surface area contributed by atoms with E-state index in [1.54, 1.807) is 0 Å². The largest absolute Gasteiger partial charge is 0.494 e. The SMILES string of the molecule is CC(Cn1c(O)cc(=O)[nH]c1=O)C1CC1. The van der Waals surface area contributed by atoms with Gasteiger partial charge in [-0.1, -0.05) is 6.92 Å². The van der Waals surface area contributed by atoms with E-state index >= 15 is 0 Å². The van der Waals surface area contributed by atoms with Crippen LogP contribution in [-0.4, -0.2) is 14.7 Å². The third kappa shape index (κ3) is 2.11. The summed E-state index contributed by atoms with van der Waals surface area (Å²) in [6.07, 6.45) is 2.39. The Hall–Kier alpha value is -1.52. The maximum atomic E-state index is 11.4. The van der Waals surface area contributed by atoms with E-state index < -0.39 is 11.2 Å². The molecular formula is C10H14N2O3.